The Morgan fingerprint density at radius 2 is 2.31 bits per heavy atom. The summed E-state index contributed by atoms with van der Waals surface area (Å²) in [6.07, 6.45) is 0.785. The largest absolute Gasteiger partial charge is 0.481 e. The van der Waals surface area contributed by atoms with E-state index in [0.29, 0.717) is 5.69 Å². The molecule has 86 valence electrons. The SMILES string of the molecule is C=C(CC)COc1ccc(C)nc1[N+](=O)[O-]. The van der Waals surface area contributed by atoms with E-state index in [4.69, 9.17) is 4.74 Å². The third-order valence-electron chi connectivity index (χ3n) is 2.08. The Hall–Kier alpha value is -1.91. The Labute approximate surface area is 93.9 Å². The molecule has 1 aromatic heterocycles. The first-order valence-electron chi connectivity index (χ1n) is 4.96. The molecule has 0 N–H and O–H groups in total. The van der Waals surface area contributed by atoms with Crippen molar-refractivity contribution in [3.05, 3.63) is 40.1 Å². The average Bonchev–Trinajstić information content (AvgIpc) is 2.26. The fourth-order valence-electron chi connectivity index (χ4n) is 1.06. The van der Waals surface area contributed by atoms with Gasteiger partial charge in [0, 0.05) is 6.92 Å². The van der Waals surface area contributed by atoms with E-state index in [0.717, 1.165) is 12.0 Å². The van der Waals surface area contributed by atoms with Gasteiger partial charge >= 0.3 is 5.82 Å². The molecule has 0 aliphatic rings. The first-order valence-corrected chi connectivity index (χ1v) is 4.96. The van der Waals surface area contributed by atoms with Gasteiger partial charge in [-0.05, 0) is 34.0 Å². The maximum absolute atomic E-state index is 10.7. The minimum Gasteiger partial charge on any atom is -0.481 e. The molecule has 16 heavy (non-hydrogen) atoms. The summed E-state index contributed by atoms with van der Waals surface area (Å²) < 4.78 is 5.30. The van der Waals surface area contributed by atoms with Gasteiger partial charge < -0.3 is 14.9 Å². The summed E-state index contributed by atoms with van der Waals surface area (Å²) in [5.74, 6) is -0.0610. The lowest BCUT2D eigenvalue weighted by Crippen LogP contribution is -2.04. The normalized spacial score (nSPS) is 9.88. The summed E-state index contributed by atoms with van der Waals surface area (Å²) in [5, 5.41) is 10.7. The molecule has 1 heterocycles. The molecule has 0 aliphatic carbocycles. The molecule has 0 saturated carbocycles. The lowest BCUT2D eigenvalue weighted by molar-refractivity contribution is -0.390. The standard InChI is InChI=1S/C11H14N2O3/c1-4-8(2)7-16-10-6-5-9(3)12-11(10)13(14)15/h5-6H,2,4,7H2,1,3H3. The molecule has 0 amide bonds. The average molecular weight is 222 g/mol. The molecule has 0 aliphatic heterocycles. The van der Waals surface area contributed by atoms with Crippen LogP contribution in [0.25, 0.3) is 0 Å². The van der Waals surface area contributed by atoms with Crippen molar-refractivity contribution >= 4 is 5.82 Å². The van der Waals surface area contributed by atoms with Crippen LogP contribution in [0.5, 0.6) is 5.75 Å². The van der Waals surface area contributed by atoms with Crippen LogP contribution in [0, 0.1) is 17.0 Å². The molecule has 0 atom stereocenters. The third-order valence-corrected chi connectivity index (χ3v) is 2.08. The zero-order chi connectivity index (χ0) is 12.1. The summed E-state index contributed by atoms with van der Waals surface area (Å²) in [7, 11) is 0. The zero-order valence-corrected chi connectivity index (χ0v) is 9.40. The van der Waals surface area contributed by atoms with Crippen LogP contribution in [0.3, 0.4) is 0 Å². The van der Waals surface area contributed by atoms with Gasteiger partial charge in [-0.2, -0.15) is 0 Å². The van der Waals surface area contributed by atoms with Gasteiger partial charge in [0.05, 0.1) is 0 Å². The van der Waals surface area contributed by atoms with Crippen molar-refractivity contribution < 1.29 is 9.66 Å². The highest BCUT2D eigenvalue weighted by Crippen LogP contribution is 2.24. The molecule has 5 heteroatoms. The number of nitro groups is 1. The lowest BCUT2D eigenvalue weighted by atomic mass is 10.2. The summed E-state index contributed by atoms with van der Waals surface area (Å²) in [4.78, 5) is 14.0. The summed E-state index contributed by atoms with van der Waals surface area (Å²) >= 11 is 0. The summed E-state index contributed by atoms with van der Waals surface area (Å²) in [6, 6.07) is 3.24. The number of pyridine rings is 1. The van der Waals surface area contributed by atoms with E-state index in [1.807, 2.05) is 6.92 Å². The van der Waals surface area contributed by atoms with Crippen molar-refractivity contribution in [3.8, 4) is 5.75 Å². The van der Waals surface area contributed by atoms with Gasteiger partial charge in [-0.25, -0.2) is 0 Å². The van der Waals surface area contributed by atoms with E-state index in [1.54, 1.807) is 19.1 Å². The highest BCUT2D eigenvalue weighted by Gasteiger charge is 2.17. The Kier molecular flexibility index (Phi) is 3.99. The number of aromatic nitrogens is 1. The molecule has 0 spiro atoms. The Morgan fingerprint density at radius 3 is 2.88 bits per heavy atom. The zero-order valence-electron chi connectivity index (χ0n) is 9.40. The van der Waals surface area contributed by atoms with Gasteiger partial charge in [0.25, 0.3) is 0 Å². The summed E-state index contributed by atoms with van der Waals surface area (Å²) in [6.45, 7) is 7.69. The van der Waals surface area contributed by atoms with Crippen molar-refractivity contribution in [1.29, 1.82) is 0 Å². The number of aryl methyl sites for hydroxylation is 1. The molecular weight excluding hydrogens is 208 g/mol. The molecule has 0 radical (unpaired) electrons. The fraction of sp³-hybridized carbons (Fsp3) is 0.364. The first-order chi connectivity index (χ1) is 7.54. The van der Waals surface area contributed by atoms with Crippen molar-refractivity contribution in [2.75, 3.05) is 6.61 Å². The third kappa shape index (κ3) is 3.05. The van der Waals surface area contributed by atoms with Crippen molar-refractivity contribution in [2.45, 2.75) is 20.3 Å². The predicted octanol–water partition coefficient (Wildman–Crippen LogP) is 2.64. The minimum atomic E-state index is -0.545. The van der Waals surface area contributed by atoms with Crippen LogP contribution in [0.2, 0.25) is 0 Å². The van der Waals surface area contributed by atoms with Crippen LogP contribution in [0.4, 0.5) is 5.82 Å². The summed E-state index contributed by atoms with van der Waals surface area (Å²) in [5.41, 5.74) is 1.48. The molecule has 0 unspecified atom stereocenters. The molecule has 5 nitrogen and oxygen atoms in total. The fourth-order valence-corrected chi connectivity index (χ4v) is 1.06. The van der Waals surface area contributed by atoms with Crippen LogP contribution < -0.4 is 4.74 Å². The van der Waals surface area contributed by atoms with Crippen LogP contribution in [0.1, 0.15) is 19.0 Å². The number of rotatable bonds is 5. The van der Waals surface area contributed by atoms with E-state index in [1.165, 1.54) is 0 Å². The minimum absolute atomic E-state index is 0.185. The second kappa shape index (κ2) is 5.25. The molecule has 1 aromatic rings. The lowest BCUT2D eigenvalue weighted by Gasteiger charge is -2.06. The van der Waals surface area contributed by atoms with E-state index in [9.17, 15) is 10.1 Å². The first kappa shape index (κ1) is 12.2. The predicted molar refractivity (Wildman–Crippen MR) is 60.6 cm³/mol. The highest BCUT2D eigenvalue weighted by molar-refractivity contribution is 5.40. The Bertz CT molecular complexity index is 416. The molecular formula is C11H14N2O3. The van der Waals surface area contributed by atoms with Gasteiger partial charge in [-0.1, -0.05) is 13.5 Å². The molecule has 1 rings (SSSR count). The van der Waals surface area contributed by atoms with Crippen LogP contribution in [-0.2, 0) is 0 Å². The van der Waals surface area contributed by atoms with Crippen molar-refractivity contribution in [1.82, 2.24) is 4.98 Å². The van der Waals surface area contributed by atoms with Crippen LogP contribution >= 0.6 is 0 Å². The van der Waals surface area contributed by atoms with Gasteiger partial charge in [-0.15, -0.1) is 0 Å². The molecule has 0 saturated heterocycles. The van der Waals surface area contributed by atoms with Gasteiger partial charge in [0.1, 0.15) is 12.3 Å². The number of ether oxygens (including phenoxy) is 1. The number of hydrogen-bond donors (Lipinski definition) is 0. The van der Waals surface area contributed by atoms with E-state index in [2.05, 4.69) is 11.6 Å². The molecule has 0 aromatic carbocycles. The molecule has 0 bridgehead atoms. The van der Waals surface area contributed by atoms with Gasteiger partial charge in [0.2, 0.25) is 5.75 Å². The second-order valence-corrected chi connectivity index (χ2v) is 3.42. The van der Waals surface area contributed by atoms with Crippen LogP contribution in [0.15, 0.2) is 24.3 Å². The molecule has 0 fully saturated rings. The quantitative estimate of drug-likeness (QED) is 0.436. The maximum atomic E-state index is 10.7. The van der Waals surface area contributed by atoms with E-state index < -0.39 is 4.92 Å². The smallest absolute Gasteiger partial charge is 0.406 e. The van der Waals surface area contributed by atoms with E-state index in [-0.39, 0.29) is 18.2 Å². The van der Waals surface area contributed by atoms with E-state index >= 15 is 0 Å². The Morgan fingerprint density at radius 1 is 1.62 bits per heavy atom. The van der Waals surface area contributed by atoms with Crippen molar-refractivity contribution in [2.24, 2.45) is 0 Å². The van der Waals surface area contributed by atoms with Gasteiger partial charge in [-0.3, -0.25) is 0 Å². The maximum Gasteiger partial charge on any atom is 0.406 e. The highest BCUT2D eigenvalue weighted by atomic mass is 16.6. The topological polar surface area (TPSA) is 65.3 Å². The number of nitrogens with zero attached hydrogens (tertiary/aromatic N) is 2. The van der Waals surface area contributed by atoms with Gasteiger partial charge in [0.15, 0.2) is 0 Å². The second-order valence-electron chi connectivity index (χ2n) is 3.42. The monoisotopic (exact) mass is 222 g/mol. The Balaban J connectivity index is 2.87. The van der Waals surface area contributed by atoms with Crippen LogP contribution in [-0.4, -0.2) is 16.5 Å². The van der Waals surface area contributed by atoms with Crippen molar-refractivity contribution in [3.63, 3.8) is 0 Å². The number of hydrogen-bond acceptors (Lipinski definition) is 4.